The second kappa shape index (κ2) is 8.35. The maximum Gasteiger partial charge on any atom is 0.250 e. The zero-order valence-corrected chi connectivity index (χ0v) is 15.6. The van der Waals surface area contributed by atoms with Crippen molar-refractivity contribution in [1.29, 1.82) is 0 Å². The molecule has 144 valence electrons. The third-order valence-corrected chi connectivity index (χ3v) is 5.10. The van der Waals surface area contributed by atoms with Crippen LogP contribution in [0.2, 0.25) is 0 Å². The highest BCUT2D eigenvalue weighted by atomic mass is 16.5. The van der Waals surface area contributed by atoms with Crippen LogP contribution in [0.4, 0.5) is 0 Å². The Balaban J connectivity index is 1.70. The van der Waals surface area contributed by atoms with Gasteiger partial charge in [-0.3, -0.25) is 14.6 Å². The maximum atomic E-state index is 12.6. The molecule has 2 aromatic rings. The number of carbonyl (C=O) groups excluding carboxylic acids is 1. The molecule has 27 heavy (non-hydrogen) atoms. The van der Waals surface area contributed by atoms with Crippen LogP contribution < -0.4 is 15.6 Å². The number of ether oxygens (including phenoxy) is 1. The average Bonchev–Trinajstić information content (AvgIpc) is 2.63. The zero-order chi connectivity index (χ0) is 19.4. The Kier molecular flexibility index (Phi) is 5.91. The molecule has 0 bridgehead atoms. The first kappa shape index (κ1) is 19.1. The second-order valence-corrected chi connectivity index (χ2v) is 7.00. The number of nitrogens with zero attached hydrogens (tertiary/aromatic N) is 2. The number of rotatable bonds is 7. The van der Waals surface area contributed by atoms with Crippen molar-refractivity contribution in [3.8, 4) is 5.75 Å². The van der Waals surface area contributed by atoms with Gasteiger partial charge in [0.25, 0.3) is 5.56 Å². The molecule has 7 nitrogen and oxygen atoms in total. The molecule has 2 N–H and O–H groups in total. The first-order chi connectivity index (χ1) is 13.0. The van der Waals surface area contributed by atoms with E-state index >= 15 is 0 Å². The van der Waals surface area contributed by atoms with Crippen LogP contribution in [0.25, 0.3) is 0 Å². The lowest BCUT2D eigenvalue weighted by Gasteiger charge is -2.38. The van der Waals surface area contributed by atoms with Gasteiger partial charge in [0, 0.05) is 30.9 Å². The Labute approximate surface area is 158 Å². The van der Waals surface area contributed by atoms with E-state index < -0.39 is 0 Å². The van der Waals surface area contributed by atoms with Crippen molar-refractivity contribution in [2.24, 2.45) is 5.92 Å². The number of carbonyl (C=O) groups is 1. The molecule has 0 unspecified atom stereocenters. The van der Waals surface area contributed by atoms with Gasteiger partial charge in [0.15, 0.2) is 0 Å². The predicted octanol–water partition coefficient (Wildman–Crippen LogP) is 1.58. The van der Waals surface area contributed by atoms with Crippen molar-refractivity contribution in [2.45, 2.75) is 44.9 Å². The molecule has 2 heterocycles. The summed E-state index contributed by atoms with van der Waals surface area (Å²) in [5.41, 5.74) is 1.57. The number of pyridine rings is 2. The van der Waals surface area contributed by atoms with E-state index in [-0.39, 0.29) is 36.0 Å². The fraction of sp³-hybridized carbons (Fsp3) is 0.450. The molecule has 7 heteroatoms. The van der Waals surface area contributed by atoms with Crippen LogP contribution in [0.1, 0.15) is 36.6 Å². The van der Waals surface area contributed by atoms with Crippen molar-refractivity contribution in [2.75, 3.05) is 7.11 Å². The molecule has 0 spiro atoms. The standard InChI is InChI=1S/C20H25N3O4/c1-13-4-3-5-19(26)23(13)7-6-18(25)22-20(14-8-16(24)9-14)15-10-17(27-2)12-21-11-15/h3-5,10-12,14,16,20,24H,6-9H2,1-2H3,(H,22,25)/t14?,16?,20-/m0/s1. The van der Waals surface area contributed by atoms with Gasteiger partial charge in [-0.25, -0.2) is 0 Å². The van der Waals surface area contributed by atoms with Gasteiger partial charge in [0.2, 0.25) is 5.91 Å². The van der Waals surface area contributed by atoms with Crippen LogP contribution in [-0.2, 0) is 11.3 Å². The van der Waals surface area contributed by atoms with Gasteiger partial charge in [-0.15, -0.1) is 0 Å². The summed E-state index contributed by atoms with van der Waals surface area (Å²) in [6.45, 7) is 2.17. The predicted molar refractivity (Wildman–Crippen MR) is 100 cm³/mol. The molecule has 0 aromatic carbocycles. The van der Waals surface area contributed by atoms with Gasteiger partial charge in [-0.05, 0) is 43.4 Å². The molecular formula is C20H25N3O4. The van der Waals surface area contributed by atoms with Crippen LogP contribution in [0.15, 0.2) is 41.5 Å². The Hall–Kier alpha value is -2.67. The van der Waals surface area contributed by atoms with Crippen LogP contribution in [-0.4, -0.2) is 33.8 Å². The van der Waals surface area contributed by atoms with Crippen LogP contribution >= 0.6 is 0 Å². The number of hydrogen-bond donors (Lipinski definition) is 2. The van der Waals surface area contributed by atoms with Crippen molar-refractivity contribution < 1.29 is 14.6 Å². The van der Waals surface area contributed by atoms with Gasteiger partial charge in [-0.2, -0.15) is 0 Å². The zero-order valence-electron chi connectivity index (χ0n) is 15.6. The highest BCUT2D eigenvalue weighted by Gasteiger charge is 2.36. The van der Waals surface area contributed by atoms with Crippen LogP contribution in [0.3, 0.4) is 0 Å². The number of methoxy groups -OCH3 is 1. The smallest absolute Gasteiger partial charge is 0.250 e. The highest BCUT2D eigenvalue weighted by Crippen LogP contribution is 2.38. The third kappa shape index (κ3) is 4.54. The van der Waals surface area contributed by atoms with Crippen LogP contribution in [0, 0.1) is 12.8 Å². The lowest BCUT2D eigenvalue weighted by molar-refractivity contribution is -0.123. The molecule has 1 amide bonds. The summed E-state index contributed by atoms with van der Waals surface area (Å²) in [6, 6.07) is 6.67. The lowest BCUT2D eigenvalue weighted by atomic mass is 9.75. The van der Waals surface area contributed by atoms with E-state index in [1.807, 2.05) is 19.1 Å². The summed E-state index contributed by atoms with van der Waals surface area (Å²) in [5.74, 6) is 0.636. The molecule has 0 saturated heterocycles. The fourth-order valence-electron chi connectivity index (χ4n) is 3.46. The van der Waals surface area contributed by atoms with Gasteiger partial charge < -0.3 is 19.7 Å². The Morgan fingerprint density at radius 2 is 2.19 bits per heavy atom. The molecule has 0 aliphatic heterocycles. The first-order valence-electron chi connectivity index (χ1n) is 9.10. The Morgan fingerprint density at radius 1 is 1.41 bits per heavy atom. The minimum absolute atomic E-state index is 0.113. The molecule has 0 radical (unpaired) electrons. The topological polar surface area (TPSA) is 93.5 Å². The molecule has 1 aliphatic rings. The molecule has 1 aliphatic carbocycles. The quantitative estimate of drug-likeness (QED) is 0.771. The summed E-state index contributed by atoms with van der Waals surface area (Å²) >= 11 is 0. The lowest BCUT2D eigenvalue weighted by Crippen LogP contribution is -2.41. The number of amides is 1. The summed E-state index contributed by atoms with van der Waals surface area (Å²) in [6.07, 6.45) is 4.48. The van der Waals surface area contributed by atoms with E-state index in [0.29, 0.717) is 25.1 Å². The molecule has 1 saturated carbocycles. The summed E-state index contributed by atoms with van der Waals surface area (Å²) in [5, 5.41) is 12.7. The third-order valence-electron chi connectivity index (χ3n) is 5.10. The van der Waals surface area contributed by atoms with Gasteiger partial charge in [0.1, 0.15) is 5.75 Å². The monoisotopic (exact) mass is 371 g/mol. The van der Waals surface area contributed by atoms with Crippen LogP contribution in [0.5, 0.6) is 5.75 Å². The summed E-state index contributed by atoms with van der Waals surface area (Å²) in [4.78, 5) is 28.7. The summed E-state index contributed by atoms with van der Waals surface area (Å²) < 4.78 is 6.82. The van der Waals surface area contributed by atoms with Gasteiger partial charge >= 0.3 is 0 Å². The molecule has 1 atom stereocenters. The number of hydrogen-bond acceptors (Lipinski definition) is 5. The first-order valence-corrected chi connectivity index (χ1v) is 9.10. The van der Waals surface area contributed by atoms with Crippen molar-refractivity contribution >= 4 is 5.91 Å². The average molecular weight is 371 g/mol. The minimum Gasteiger partial charge on any atom is -0.495 e. The summed E-state index contributed by atoms with van der Waals surface area (Å²) in [7, 11) is 1.57. The van der Waals surface area contributed by atoms with Crippen molar-refractivity contribution in [3.63, 3.8) is 0 Å². The van der Waals surface area contributed by atoms with Crippen molar-refractivity contribution in [3.05, 3.63) is 58.3 Å². The molecular weight excluding hydrogens is 346 g/mol. The van der Waals surface area contributed by atoms with E-state index in [1.165, 1.54) is 6.07 Å². The molecule has 3 rings (SSSR count). The second-order valence-electron chi connectivity index (χ2n) is 7.00. The van der Waals surface area contributed by atoms with E-state index in [9.17, 15) is 14.7 Å². The highest BCUT2D eigenvalue weighted by molar-refractivity contribution is 5.76. The normalized spacial score (nSPS) is 19.8. The number of aromatic nitrogens is 2. The maximum absolute atomic E-state index is 12.6. The number of aliphatic hydroxyl groups excluding tert-OH is 1. The largest absolute Gasteiger partial charge is 0.495 e. The SMILES string of the molecule is COc1cncc([C@@H](NC(=O)CCn2c(C)cccc2=O)C2CC(O)C2)c1. The number of aryl methyl sites for hydroxylation is 1. The van der Waals surface area contributed by atoms with E-state index in [0.717, 1.165) is 11.3 Å². The van der Waals surface area contributed by atoms with Crippen molar-refractivity contribution in [1.82, 2.24) is 14.9 Å². The Morgan fingerprint density at radius 3 is 2.85 bits per heavy atom. The molecule has 2 aromatic heterocycles. The molecule has 1 fully saturated rings. The minimum atomic E-state index is -0.321. The van der Waals surface area contributed by atoms with E-state index in [2.05, 4.69) is 10.3 Å². The Bertz CT molecular complexity index is 858. The van der Waals surface area contributed by atoms with Gasteiger partial charge in [0.05, 0.1) is 25.5 Å². The van der Waals surface area contributed by atoms with E-state index in [1.54, 1.807) is 30.1 Å². The van der Waals surface area contributed by atoms with E-state index in [4.69, 9.17) is 4.74 Å². The number of aliphatic hydroxyl groups is 1. The number of nitrogens with one attached hydrogen (secondary N) is 1. The van der Waals surface area contributed by atoms with Gasteiger partial charge in [-0.1, -0.05) is 6.07 Å². The fourth-order valence-corrected chi connectivity index (χ4v) is 3.46.